The highest BCUT2D eigenvalue weighted by Gasteiger charge is 2.09. The zero-order valence-corrected chi connectivity index (χ0v) is 11.7. The number of anilines is 3. The largest absolute Gasteiger partial charge is 0.396 e. The van der Waals surface area contributed by atoms with Crippen molar-refractivity contribution in [3.8, 4) is 6.07 Å². The van der Waals surface area contributed by atoms with Crippen molar-refractivity contribution in [1.82, 2.24) is 4.98 Å². The van der Waals surface area contributed by atoms with Crippen molar-refractivity contribution < 1.29 is 0 Å². The topological polar surface area (TPSA) is 74.7 Å². The molecule has 0 radical (unpaired) electrons. The SMILES string of the molecule is N#Cc1cccc(Nc2ccc(Cl)c3cccnc23)c1N. The maximum absolute atomic E-state index is 9.03. The molecule has 3 rings (SSSR count). The molecule has 0 saturated carbocycles. The van der Waals surface area contributed by atoms with E-state index in [2.05, 4.69) is 16.4 Å². The van der Waals surface area contributed by atoms with Gasteiger partial charge in [0.25, 0.3) is 0 Å². The molecular weight excluding hydrogens is 284 g/mol. The van der Waals surface area contributed by atoms with E-state index in [0.717, 1.165) is 16.6 Å². The third kappa shape index (κ3) is 2.35. The molecule has 5 heteroatoms. The summed E-state index contributed by atoms with van der Waals surface area (Å²) >= 11 is 6.18. The zero-order valence-electron chi connectivity index (χ0n) is 11.0. The number of rotatable bonds is 2. The van der Waals surface area contributed by atoms with Gasteiger partial charge in [-0.15, -0.1) is 0 Å². The summed E-state index contributed by atoms with van der Waals surface area (Å²) in [5.74, 6) is 0. The molecule has 0 fully saturated rings. The van der Waals surface area contributed by atoms with Gasteiger partial charge in [-0.2, -0.15) is 5.26 Å². The van der Waals surface area contributed by atoms with Crippen LogP contribution in [0.1, 0.15) is 5.56 Å². The first-order chi connectivity index (χ1) is 10.2. The van der Waals surface area contributed by atoms with E-state index in [4.69, 9.17) is 22.6 Å². The summed E-state index contributed by atoms with van der Waals surface area (Å²) in [5.41, 5.74) is 9.05. The first-order valence-electron chi connectivity index (χ1n) is 6.29. The minimum Gasteiger partial charge on any atom is -0.396 e. The number of aromatic nitrogens is 1. The number of hydrogen-bond donors (Lipinski definition) is 2. The maximum atomic E-state index is 9.03. The predicted octanol–water partition coefficient (Wildman–Crippen LogP) is 4.09. The Morgan fingerprint density at radius 2 is 1.95 bits per heavy atom. The molecule has 21 heavy (non-hydrogen) atoms. The standard InChI is InChI=1S/C16H11ClN4/c17-12-6-7-14(16-11(12)4-2-8-20-16)21-13-5-1-3-10(9-18)15(13)19/h1-8,21H,19H2. The molecule has 0 saturated heterocycles. The molecule has 0 bridgehead atoms. The molecule has 102 valence electrons. The lowest BCUT2D eigenvalue weighted by Crippen LogP contribution is -1.99. The lowest BCUT2D eigenvalue weighted by molar-refractivity contribution is 1.40. The number of para-hydroxylation sites is 1. The molecule has 0 amide bonds. The van der Waals surface area contributed by atoms with Crippen molar-refractivity contribution in [2.75, 3.05) is 11.1 Å². The average molecular weight is 295 g/mol. The second kappa shape index (κ2) is 5.31. The number of nitrogens with one attached hydrogen (secondary N) is 1. The molecule has 1 aromatic heterocycles. The maximum Gasteiger partial charge on any atom is 0.101 e. The van der Waals surface area contributed by atoms with Crippen molar-refractivity contribution in [1.29, 1.82) is 5.26 Å². The van der Waals surface area contributed by atoms with Crippen LogP contribution in [0.4, 0.5) is 17.1 Å². The molecule has 0 aliphatic rings. The number of hydrogen-bond acceptors (Lipinski definition) is 4. The van der Waals surface area contributed by atoms with E-state index in [-0.39, 0.29) is 0 Å². The summed E-state index contributed by atoms with van der Waals surface area (Å²) in [6.45, 7) is 0. The lowest BCUT2D eigenvalue weighted by Gasteiger charge is -2.12. The number of nitrogen functional groups attached to an aromatic ring is 1. The van der Waals surface area contributed by atoms with Gasteiger partial charge in [-0.05, 0) is 36.4 Å². The quantitative estimate of drug-likeness (QED) is 0.698. The van der Waals surface area contributed by atoms with E-state index in [1.807, 2.05) is 24.3 Å². The van der Waals surface area contributed by atoms with Gasteiger partial charge < -0.3 is 11.1 Å². The Balaban J connectivity index is 2.12. The summed E-state index contributed by atoms with van der Waals surface area (Å²) in [4.78, 5) is 4.36. The van der Waals surface area contributed by atoms with Crippen LogP contribution in [0.25, 0.3) is 10.9 Å². The molecule has 0 unspecified atom stereocenters. The minimum absolute atomic E-state index is 0.416. The Labute approximate surface area is 126 Å². The highest BCUT2D eigenvalue weighted by atomic mass is 35.5. The van der Waals surface area contributed by atoms with E-state index >= 15 is 0 Å². The summed E-state index contributed by atoms with van der Waals surface area (Å²) in [6, 6.07) is 14.7. The molecule has 2 aromatic carbocycles. The summed E-state index contributed by atoms with van der Waals surface area (Å²) in [7, 11) is 0. The smallest absolute Gasteiger partial charge is 0.101 e. The van der Waals surface area contributed by atoms with Crippen LogP contribution in [0.2, 0.25) is 5.02 Å². The first kappa shape index (κ1) is 13.2. The highest BCUT2D eigenvalue weighted by molar-refractivity contribution is 6.35. The predicted molar refractivity (Wildman–Crippen MR) is 85.6 cm³/mol. The second-order valence-corrected chi connectivity index (χ2v) is 4.91. The summed E-state index contributed by atoms with van der Waals surface area (Å²) < 4.78 is 0. The van der Waals surface area contributed by atoms with E-state index in [1.165, 1.54) is 0 Å². The third-order valence-electron chi connectivity index (χ3n) is 3.21. The number of nitrogens with two attached hydrogens (primary N) is 1. The van der Waals surface area contributed by atoms with Crippen LogP contribution in [0.5, 0.6) is 0 Å². The first-order valence-corrected chi connectivity index (χ1v) is 6.67. The van der Waals surface area contributed by atoms with Gasteiger partial charge in [-0.3, -0.25) is 4.98 Å². The fourth-order valence-corrected chi connectivity index (χ4v) is 2.37. The van der Waals surface area contributed by atoms with Crippen molar-refractivity contribution in [3.63, 3.8) is 0 Å². The second-order valence-electron chi connectivity index (χ2n) is 4.50. The average Bonchev–Trinajstić information content (AvgIpc) is 2.52. The number of fused-ring (bicyclic) bond motifs is 1. The fraction of sp³-hybridized carbons (Fsp3) is 0. The van der Waals surface area contributed by atoms with Crippen LogP contribution in [0.15, 0.2) is 48.7 Å². The van der Waals surface area contributed by atoms with Gasteiger partial charge in [0.2, 0.25) is 0 Å². The number of halogens is 1. The van der Waals surface area contributed by atoms with Gasteiger partial charge >= 0.3 is 0 Å². The van der Waals surface area contributed by atoms with Crippen molar-refractivity contribution in [2.45, 2.75) is 0 Å². The monoisotopic (exact) mass is 294 g/mol. The van der Waals surface area contributed by atoms with Crippen molar-refractivity contribution >= 4 is 39.6 Å². The molecule has 0 spiro atoms. The van der Waals surface area contributed by atoms with E-state index in [1.54, 1.807) is 24.4 Å². The van der Waals surface area contributed by atoms with Crippen molar-refractivity contribution in [2.24, 2.45) is 0 Å². The van der Waals surface area contributed by atoms with Crippen LogP contribution >= 0.6 is 11.6 Å². The Bertz CT molecular complexity index is 868. The molecule has 3 N–H and O–H groups in total. The molecule has 3 aromatic rings. The summed E-state index contributed by atoms with van der Waals surface area (Å²) in [5, 5.41) is 13.8. The minimum atomic E-state index is 0.416. The van der Waals surface area contributed by atoms with Crippen LogP contribution in [-0.2, 0) is 0 Å². The van der Waals surface area contributed by atoms with Crippen LogP contribution in [-0.4, -0.2) is 4.98 Å². The normalized spacial score (nSPS) is 10.3. The lowest BCUT2D eigenvalue weighted by atomic mass is 10.1. The highest BCUT2D eigenvalue weighted by Crippen LogP contribution is 2.32. The Morgan fingerprint density at radius 1 is 1.10 bits per heavy atom. The zero-order chi connectivity index (χ0) is 14.8. The van der Waals surface area contributed by atoms with Crippen LogP contribution in [0.3, 0.4) is 0 Å². The van der Waals surface area contributed by atoms with Gasteiger partial charge in [-0.25, -0.2) is 0 Å². The third-order valence-corrected chi connectivity index (χ3v) is 3.54. The van der Waals surface area contributed by atoms with Gasteiger partial charge in [-0.1, -0.05) is 17.7 Å². The summed E-state index contributed by atoms with van der Waals surface area (Å²) in [6.07, 6.45) is 1.71. The van der Waals surface area contributed by atoms with E-state index in [9.17, 15) is 0 Å². The number of nitriles is 1. The molecule has 4 nitrogen and oxygen atoms in total. The number of nitrogens with zero attached hydrogens (tertiary/aromatic N) is 2. The van der Waals surface area contributed by atoms with Gasteiger partial charge in [0.05, 0.1) is 33.2 Å². The molecule has 0 aliphatic heterocycles. The van der Waals surface area contributed by atoms with Crippen LogP contribution in [0, 0.1) is 11.3 Å². The number of pyridine rings is 1. The van der Waals surface area contributed by atoms with Crippen molar-refractivity contribution in [3.05, 3.63) is 59.2 Å². The van der Waals surface area contributed by atoms with Gasteiger partial charge in [0, 0.05) is 11.6 Å². The Kier molecular flexibility index (Phi) is 3.35. The van der Waals surface area contributed by atoms with E-state index < -0.39 is 0 Å². The molecule has 0 aliphatic carbocycles. The van der Waals surface area contributed by atoms with E-state index in [0.29, 0.717) is 22.0 Å². The molecule has 0 atom stereocenters. The van der Waals surface area contributed by atoms with Crippen LogP contribution < -0.4 is 11.1 Å². The fourth-order valence-electron chi connectivity index (χ4n) is 2.16. The number of benzene rings is 2. The Morgan fingerprint density at radius 3 is 2.76 bits per heavy atom. The molecule has 1 heterocycles. The van der Waals surface area contributed by atoms with Gasteiger partial charge in [0.1, 0.15) is 6.07 Å². The Hall–Kier alpha value is -2.77. The molecular formula is C16H11ClN4. The van der Waals surface area contributed by atoms with Gasteiger partial charge in [0.15, 0.2) is 0 Å².